The predicted octanol–water partition coefficient (Wildman–Crippen LogP) is -0.657. The maximum Gasteiger partial charge on any atom is 0.326 e. The molecule has 0 radical (unpaired) electrons. The summed E-state index contributed by atoms with van der Waals surface area (Å²) in [5.74, 6) is -1.48. The molecule has 0 aliphatic rings. The van der Waals surface area contributed by atoms with Crippen LogP contribution in [0.25, 0.3) is 0 Å². The second-order valence-corrected chi connectivity index (χ2v) is 4.44. The first-order valence-electron chi connectivity index (χ1n) is 6.62. The van der Waals surface area contributed by atoms with Gasteiger partial charge in [0.15, 0.2) is 0 Å². The zero-order valence-corrected chi connectivity index (χ0v) is 12.2. The van der Waals surface area contributed by atoms with Crippen LogP contribution in [-0.2, 0) is 9.59 Å². The van der Waals surface area contributed by atoms with Gasteiger partial charge in [-0.05, 0) is 30.7 Å². The van der Waals surface area contributed by atoms with Gasteiger partial charge in [-0.1, -0.05) is 0 Å². The molecule has 0 aliphatic heterocycles. The molecule has 1 rings (SSSR count). The Kier molecular flexibility index (Phi) is 6.84. The number of rotatable bonds is 8. The predicted molar refractivity (Wildman–Crippen MR) is 78.6 cm³/mol. The fourth-order valence-corrected chi connectivity index (χ4v) is 1.67. The van der Waals surface area contributed by atoms with Crippen molar-refractivity contribution >= 4 is 17.8 Å². The molecule has 0 saturated carbocycles. The number of aliphatic carboxylic acids is 1. The molecule has 0 aromatic heterocycles. The number of benzene rings is 1. The van der Waals surface area contributed by atoms with E-state index in [4.69, 9.17) is 15.6 Å². The average molecular weight is 309 g/mol. The molecule has 1 aromatic carbocycles. The van der Waals surface area contributed by atoms with Crippen molar-refractivity contribution in [1.82, 2.24) is 10.6 Å². The minimum atomic E-state index is -1.18. The van der Waals surface area contributed by atoms with Gasteiger partial charge in [0, 0.05) is 12.1 Å². The first-order valence-corrected chi connectivity index (χ1v) is 6.62. The number of carboxylic acids is 1. The van der Waals surface area contributed by atoms with Crippen LogP contribution in [0.5, 0.6) is 5.75 Å². The lowest BCUT2D eigenvalue weighted by Gasteiger charge is -2.15. The van der Waals surface area contributed by atoms with E-state index in [2.05, 4.69) is 10.6 Å². The van der Waals surface area contributed by atoms with E-state index in [-0.39, 0.29) is 25.4 Å². The van der Waals surface area contributed by atoms with Crippen molar-refractivity contribution in [3.63, 3.8) is 0 Å². The first kappa shape index (κ1) is 17.4. The molecule has 0 spiro atoms. The largest absolute Gasteiger partial charge is 0.497 e. The Hall–Kier alpha value is -2.61. The molecule has 22 heavy (non-hydrogen) atoms. The molecule has 0 aliphatic carbocycles. The van der Waals surface area contributed by atoms with Gasteiger partial charge in [0.05, 0.1) is 13.7 Å². The number of nitrogens with two attached hydrogens (primary N) is 1. The minimum Gasteiger partial charge on any atom is -0.497 e. The zero-order valence-electron chi connectivity index (χ0n) is 12.2. The van der Waals surface area contributed by atoms with Gasteiger partial charge >= 0.3 is 5.97 Å². The van der Waals surface area contributed by atoms with Crippen molar-refractivity contribution in [3.05, 3.63) is 29.8 Å². The Morgan fingerprint density at radius 1 is 1.27 bits per heavy atom. The van der Waals surface area contributed by atoms with Crippen LogP contribution in [0.3, 0.4) is 0 Å². The second kappa shape index (κ2) is 8.63. The zero-order chi connectivity index (χ0) is 16.5. The van der Waals surface area contributed by atoms with E-state index in [1.807, 2.05) is 0 Å². The first-order chi connectivity index (χ1) is 10.5. The topological polar surface area (TPSA) is 131 Å². The van der Waals surface area contributed by atoms with E-state index in [0.29, 0.717) is 11.3 Å². The lowest BCUT2D eigenvalue weighted by Crippen LogP contribution is -2.43. The monoisotopic (exact) mass is 309 g/mol. The molecule has 1 aromatic rings. The maximum atomic E-state index is 12.0. The lowest BCUT2D eigenvalue weighted by atomic mass is 10.1. The fraction of sp³-hybridized carbons (Fsp3) is 0.357. The SMILES string of the molecule is COc1ccc(C(=O)N[C@@H](CCNC(=O)CN)C(=O)O)cc1. The van der Waals surface area contributed by atoms with Gasteiger partial charge in [0.25, 0.3) is 5.91 Å². The molecule has 8 nitrogen and oxygen atoms in total. The molecule has 0 bridgehead atoms. The minimum absolute atomic E-state index is 0.0585. The Labute approximate surface area is 127 Å². The van der Waals surface area contributed by atoms with Crippen LogP contribution in [0, 0.1) is 0 Å². The van der Waals surface area contributed by atoms with Crippen molar-refractivity contribution in [2.45, 2.75) is 12.5 Å². The molecule has 120 valence electrons. The summed E-state index contributed by atoms with van der Waals surface area (Å²) in [5.41, 5.74) is 5.44. The van der Waals surface area contributed by atoms with E-state index in [0.717, 1.165) is 0 Å². The van der Waals surface area contributed by atoms with Gasteiger partial charge in [-0.3, -0.25) is 9.59 Å². The average Bonchev–Trinajstić information content (AvgIpc) is 2.53. The Balaban J connectivity index is 2.59. The van der Waals surface area contributed by atoms with Crippen molar-refractivity contribution in [1.29, 1.82) is 0 Å². The van der Waals surface area contributed by atoms with E-state index >= 15 is 0 Å². The molecule has 8 heteroatoms. The van der Waals surface area contributed by atoms with Crippen LogP contribution >= 0.6 is 0 Å². The maximum absolute atomic E-state index is 12.0. The molecule has 0 unspecified atom stereocenters. The number of carbonyl (C=O) groups excluding carboxylic acids is 2. The highest BCUT2D eigenvalue weighted by Crippen LogP contribution is 2.11. The Morgan fingerprint density at radius 3 is 2.41 bits per heavy atom. The summed E-state index contributed by atoms with van der Waals surface area (Å²) in [5, 5.41) is 14.0. The van der Waals surface area contributed by atoms with Crippen molar-refractivity contribution in [2.24, 2.45) is 5.73 Å². The molecule has 2 amide bonds. The van der Waals surface area contributed by atoms with Crippen LogP contribution in [0.4, 0.5) is 0 Å². The third-order valence-electron chi connectivity index (χ3n) is 2.90. The van der Waals surface area contributed by atoms with Gasteiger partial charge in [-0.25, -0.2) is 4.79 Å². The van der Waals surface area contributed by atoms with Crippen LogP contribution in [-0.4, -0.2) is 49.1 Å². The quantitative estimate of drug-likeness (QED) is 0.504. The van der Waals surface area contributed by atoms with E-state index in [9.17, 15) is 14.4 Å². The number of amides is 2. The summed E-state index contributed by atoms with van der Waals surface area (Å²) in [6, 6.07) is 5.16. The van der Waals surface area contributed by atoms with Gasteiger partial charge in [-0.15, -0.1) is 0 Å². The van der Waals surface area contributed by atoms with Crippen LogP contribution < -0.4 is 21.1 Å². The lowest BCUT2D eigenvalue weighted by molar-refractivity contribution is -0.139. The van der Waals surface area contributed by atoms with Crippen LogP contribution in [0.2, 0.25) is 0 Å². The standard InChI is InChI=1S/C14H19N3O5/c1-22-10-4-2-9(3-5-10)13(19)17-11(14(20)21)6-7-16-12(18)8-15/h2-5,11H,6-8,15H2,1H3,(H,16,18)(H,17,19)(H,20,21)/t11-/m0/s1. The van der Waals surface area contributed by atoms with E-state index in [1.165, 1.54) is 19.2 Å². The summed E-state index contributed by atoms with van der Waals surface area (Å²) >= 11 is 0. The number of nitrogens with one attached hydrogen (secondary N) is 2. The van der Waals surface area contributed by atoms with Crippen molar-refractivity contribution < 1.29 is 24.2 Å². The number of ether oxygens (including phenoxy) is 1. The Morgan fingerprint density at radius 2 is 1.91 bits per heavy atom. The van der Waals surface area contributed by atoms with Crippen molar-refractivity contribution in [3.8, 4) is 5.75 Å². The number of hydrogen-bond acceptors (Lipinski definition) is 5. The molecular formula is C14H19N3O5. The fourth-order valence-electron chi connectivity index (χ4n) is 1.67. The number of hydrogen-bond donors (Lipinski definition) is 4. The highest BCUT2D eigenvalue weighted by atomic mass is 16.5. The summed E-state index contributed by atoms with van der Waals surface area (Å²) in [6.45, 7) is -0.0637. The summed E-state index contributed by atoms with van der Waals surface area (Å²) < 4.78 is 4.98. The number of carboxylic acid groups (broad SMARTS) is 1. The van der Waals surface area contributed by atoms with Gasteiger partial charge in [0.2, 0.25) is 5.91 Å². The third-order valence-corrected chi connectivity index (χ3v) is 2.90. The third kappa shape index (κ3) is 5.41. The summed E-state index contributed by atoms with van der Waals surface area (Å²) in [7, 11) is 1.51. The summed E-state index contributed by atoms with van der Waals surface area (Å²) in [6.07, 6.45) is 0.0585. The molecule has 0 fully saturated rings. The molecule has 0 heterocycles. The van der Waals surface area contributed by atoms with Crippen LogP contribution in [0.15, 0.2) is 24.3 Å². The van der Waals surface area contributed by atoms with Crippen molar-refractivity contribution in [2.75, 3.05) is 20.2 Å². The number of methoxy groups -OCH3 is 1. The van der Waals surface area contributed by atoms with Gasteiger partial charge < -0.3 is 26.2 Å². The molecule has 5 N–H and O–H groups in total. The van der Waals surface area contributed by atoms with Gasteiger partial charge in [0.1, 0.15) is 11.8 Å². The Bertz CT molecular complexity index is 530. The summed E-state index contributed by atoms with van der Waals surface area (Å²) in [4.78, 5) is 34.1. The normalized spacial score (nSPS) is 11.4. The molecule has 0 saturated heterocycles. The highest BCUT2D eigenvalue weighted by Gasteiger charge is 2.20. The smallest absolute Gasteiger partial charge is 0.326 e. The van der Waals surface area contributed by atoms with Gasteiger partial charge in [-0.2, -0.15) is 0 Å². The van der Waals surface area contributed by atoms with E-state index in [1.54, 1.807) is 12.1 Å². The molecular weight excluding hydrogens is 290 g/mol. The van der Waals surface area contributed by atoms with Crippen LogP contribution in [0.1, 0.15) is 16.8 Å². The van der Waals surface area contributed by atoms with E-state index < -0.39 is 17.9 Å². The highest BCUT2D eigenvalue weighted by molar-refractivity contribution is 5.96. The second-order valence-electron chi connectivity index (χ2n) is 4.44. The molecule has 1 atom stereocenters. The number of carbonyl (C=O) groups is 3.